The molecule has 0 bridgehead atoms. The van der Waals surface area contributed by atoms with Crippen LogP contribution < -0.4 is 36.4 Å². The van der Waals surface area contributed by atoms with Crippen LogP contribution in [0.15, 0.2) is 267 Å². The van der Waals surface area contributed by atoms with Crippen LogP contribution in [0.5, 0.6) is 0 Å². The van der Waals surface area contributed by atoms with Crippen molar-refractivity contribution in [2.24, 2.45) is 0 Å². The Kier molecular flexibility index (Phi) is 8.75. The molecule has 0 saturated heterocycles. The fraction of sp³-hybridized carbons (Fsp3) is 0. The number of hydrogen-bond donors (Lipinski definition) is 0. The average molecular weight is 1000 g/mol. The number of para-hydroxylation sites is 8. The third-order valence-electron chi connectivity index (χ3n) is 17.4. The number of pyridine rings is 1. The lowest BCUT2D eigenvalue weighted by atomic mass is 9.32. The topological polar surface area (TPSA) is 32.5 Å². The van der Waals surface area contributed by atoms with Gasteiger partial charge in [0.05, 0.1) is 22.1 Å². The molecule has 4 aliphatic rings. The van der Waals surface area contributed by atoms with Crippen molar-refractivity contribution in [3.05, 3.63) is 267 Å². The predicted molar refractivity (Wildman–Crippen MR) is 331 cm³/mol. The van der Waals surface area contributed by atoms with Crippen LogP contribution in [-0.2, 0) is 0 Å². The summed E-state index contributed by atoms with van der Waals surface area (Å²) in [4.78, 5) is 9.43. The van der Waals surface area contributed by atoms with E-state index in [1.54, 1.807) is 0 Å². The summed E-state index contributed by atoms with van der Waals surface area (Å²) in [5, 5.41) is 5.04. The minimum atomic E-state index is -0.165. The number of anilines is 7. The maximum Gasteiger partial charge on any atom is 0.316 e. The molecule has 3 aromatic heterocycles. The summed E-state index contributed by atoms with van der Waals surface area (Å²) in [6.45, 7) is -0.331. The van der Waals surface area contributed by atoms with E-state index in [0.717, 1.165) is 45.3 Å². The van der Waals surface area contributed by atoms with Crippen LogP contribution in [0.3, 0.4) is 0 Å². The van der Waals surface area contributed by atoms with Gasteiger partial charge in [-0.1, -0.05) is 146 Å². The van der Waals surface area contributed by atoms with Crippen molar-refractivity contribution in [2.75, 3.05) is 14.5 Å². The minimum Gasteiger partial charge on any atom is -0.444 e. The smallest absolute Gasteiger partial charge is 0.316 e. The normalized spacial score (nSPS) is 13.0. The van der Waals surface area contributed by atoms with E-state index < -0.39 is 0 Å². The highest BCUT2D eigenvalue weighted by atomic mass is 15.2. The first-order chi connectivity index (χ1) is 39.2. The van der Waals surface area contributed by atoms with Gasteiger partial charge in [0, 0.05) is 96.3 Å². The van der Waals surface area contributed by atoms with Crippen molar-refractivity contribution in [1.29, 1.82) is 0 Å². The number of rotatable bonds is 7. The van der Waals surface area contributed by atoms with E-state index >= 15 is 0 Å². The van der Waals surface area contributed by atoms with Crippen molar-refractivity contribution in [2.45, 2.75) is 0 Å². The first-order valence-corrected chi connectivity index (χ1v) is 27.3. The number of benzene rings is 11. The van der Waals surface area contributed by atoms with E-state index in [2.05, 4.69) is 283 Å². The lowest BCUT2D eigenvalue weighted by molar-refractivity contribution is 1.17. The van der Waals surface area contributed by atoms with Crippen LogP contribution in [-0.4, -0.2) is 27.8 Å². The van der Waals surface area contributed by atoms with Gasteiger partial charge in [0.2, 0.25) is 0 Å². The summed E-state index contributed by atoms with van der Waals surface area (Å²) in [6, 6.07) is 95.0. The van der Waals surface area contributed by atoms with Crippen LogP contribution in [0, 0.1) is 0 Å². The number of hydrogen-bond acceptors (Lipinski definition) is 4. The van der Waals surface area contributed by atoms with Gasteiger partial charge in [-0.05, 0) is 153 Å². The van der Waals surface area contributed by atoms with Gasteiger partial charge in [-0.3, -0.25) is 4.98 Å². The summed E-state index contributed by atoms with van der Waals surface area (Å²) in [7, 11) is 0. The Hall–Kier alpha value is -10.3. The molecule has 8 heteroatoms. The third kappa shape index (κ3) is 5.84. The molecular formula is C71H44B2N6. The Balaban J connectivity index is 1.03. The van der Waals surface area contributed by atoms with Crippen LogP contribution >= 0.6 is 0 Å². The number of fused-ring (bicyclic) bond motifs is 14. The van der Waals surface area contributed by atoms with E-state index in [1.165, 1.54) is 105 Å². The van der Waals surface area contributed by atoms with E-state index in [1.807, 2.05) is 12.4 Å². The molecule has 18 rings (SSSR count). The van der Waals surface area contributed by atoms with E-state index in [0.29, 0.717) is 0 Å². The molecular weight excluding hydrogens is 958 g/mol. The highest BCUT2D eigenvalue weighted by molar-refractivity contribution is 7.09. The second-order valence-corrected chi connectivity index (χ2v) is 21.4. The molecule has 0 amide bonds. The highest BCUT2D eigenvalue weighted by Gasteiger charge is 2.53. The largest absolute Gasteiger partial charge is 0.444 e. The molecule has 0 unspecified atom stereocenters. The van der Waals surface area contributed by atoms with E-state index in [9.17, 15) is 0 Å². The zero-order chi connectivity index (χ0) is 51.4. The molecule has 364 valence electrons. The van der Waals surface area contributed by atoms with Crippen LogP contribution in [0.4, 0.5) is 39.8 Å². The maximum absolute atomic E-state index is 4.55. The van der Waals surface area contributed by atoms with Gasteiger partial charge in [-0.2, -0.15) is 0 Å². The molecule has 11 aromatic carbocycles. The SMILES string of the molecule is c1ccc(N(c2ccccc2)c2cc3c4c(c2)-n2c5ccccc5c5cccc(c52)B4N2B4c5c(cc(N(c6ccccc6)c6ccccc6)cc5-n5c6ccccc6c6cccc4c65)-c4cc(-c5ccncc5)cc-3c42)cc1. The summed E-state index contributed by atoms with van der Waals surface area (Å²) in [5.41, 5.74) is 27.6. The Bertz CT molecular complexity index is 4500. The molecule has 6 nitrogen and oxygen atoms in total. The number of aromatic nitrogens is 3. The van der Waals surface area contributed by atoms with Crippen molar-refractivity contribution in [1.82, 2.24) is 14.1 Å². The average Bonchev–Trinajstić information content (AvgIpc) is 4.19. The quantitative estimate of drug-likeness (QED) is 0.149. The second-order valence-electron chi connectivity index (χ2n) is 21.4. The van der Waals surface area contributed by atoms with Gasteiger partial charge in [0.25, 0.3) is 0 Å². The minimum absolute atomic E-state index is 0.165. The van der Waals surface area contributed by atoms with Crippen molar-refractivity contribution in [3.63, 3.8) is 0 Å². The molecule has 0 fully saturated rings. The van der Waals surface area contributed by atoms with Crippen molar-refractivity contribution >= 4 is 119 Å². The lowest BCUT2D eigenvalue weighted by Crippen LogP contribution is -2.74. The van der Waals surface area contributed by atoms with Crippen LogP contribution in [0.25, 0.3) is 88.4 Å². The Morgan fingerprint density at radius 1 is 0.316 bits per heavy atom. The Morgan fingerprint density at radius 2 is 0.709 bits per heavy atom. The summed E-state index contributed by atoms with van der Waals surface area (Å²) >= 11 is 0. The van der Waals surface area contributed by atoms with Crippen LogP contribution in [0.2, 0.25) is 0 Å². The highest BCUT2D eigenvalue weighted by Crippen LogP contribution is 2.54. The van der Waals surface area contributed by atoms with Crippen molar-refractivity contribution < 1.29 is 0 Å². The van der Waals surface area contributed by atoms with Gasteiger partial charge in [0.15, 0.2) is 0 Å². The van der Waals surface area contributed by atoms with E-state index in [4.69, 9.17) is 0 Å². The van der Waals surface area contributed by atoms with Crippen molar-refractivity contribution in [3.8, 4) is 44.8 Å². The molecule has 0 N–H and O–H groups in total. The fourth-order valence-corrected chi connectivity index (χ4v) is 14.5. The molecule has 0 radical (unpaired) electrons. The van der Waals surface area contributed by atoms with Gasteiger partial charge in [-0.15, -0.1) is 0 Å². The summed E-state index contributed by atoms with van der Waals surface area (Å²) in [6.07, 6.45) is 3.86. The van der Waals surface area contributed by atoms with Gasteiger partial charge in [-0.25, -0.2) is 0 Å². The predicted octanol–water partition coefficient (Wildman–Crippen LogP) is 14.9. The molecule has 14 aromatic rings. The molecule has 4 aliphatic heterocycles. The third-order valence-corrected chi connectivity index (χ3v) is 17.4. The second kappa shape index (κ2) is 16.1. The lowest BCUT2D eigenvalue weighted by Gasteiger charge is -2.51. The standard InChI is InChI=1S/C71H44B2N6/c1-5-19-47(20-6-1)75(48-21-7-2-8-22-48)51-41-57-59-39-46(45-35-37-74-38-36-45)40-60-58-42-52(76(49-23-9-3-10-24-49)50-25-11-4-12-26-50)44-66-68(58)73(62-32-18-30-56-54-28-14-16-34-64(54)78(66)71(56)62)79(69(59)60)72-61-31-17-29-55-53-27-13-15-33-63(53)77(70(55)61)65(43-51)67(57)72/h1-44H. The van der Waals surface area contributed by atoms with Crippen LogP contribution in [0.1, 0.15) is 0 Å². The molecule has 0 spiro atoms. The molecule has 0 atom stereocenters. The van der Waals surface area contributed by atoms with E-state index in [-0.39, 0.29) is 13.7 Å². The zero-order valence-electron chi connectivity index (χ0n) is 42.7. The molecule has 79 heavy (non-hydrogen) atoms. The maximum atomic E-state index is 4.55. The fourth-order valence-electron chi connectivity index (χ4n) is 14.5. The molecule has 0 saturated carbocycles. The summed E-state index contributed by atoms with van der Waals surface area (Å²) in [5.74, 6) is 0. The van der Waals surface area contributed by atoms with Gasteiger partial charge < -0.3 is 23.7 Å². The van der Waals surface area contributed by atoms with Gasteiger partial charge in [0.1, 0.15) is 0 Å². The first kappa shape index (κ1) is 42.9. The van der Waals surface area contributed by atoms with Gasteiger partial charge >= 0.3 is 13.7 Å². The molecule has 0 aliphatic carbocycles. The molecule has 7 heterocycles. The monoisotopic (exact) mass is 1000 g/mol. The zero-order valence-corrected chi connectivity index (χ0v) is 42.7. The Labute approximate surface area is 457 Å². The first-order valence-electron chi connectivity index (χ1n) is 27.3. The Morgan fingerprint density at radius 3 is 1.14 bits per heavy atom. The number of nitrogens with zero attached hydrogens (tertiary/aromatic N) is 6. The summed E-state index contributed by atoms with van der Waals surface area (Å²) < 4.78 is 8.08.